The number of nitrogens with zero attached hydrogens (tertiary/aromatic N) is 2. The van der Waals surface area contributed by atoms with Crippen molar-refractivity contribution < 1.29 is 4.79 Å². The number of amides is 1. The Hall–Kier alpha value is -1.55. The molecular weight excluding hydrogens is 298 g/mol. The number of likely N-dealkylation sites (N-methyl/N-ethyl adjacent to an activating group) is 1. The molecule has 2 aliphatic heterocycles. The third-order valence-corrected chi connectivity index (χ3v) is 5.53. The van der Waals surface area contributed by atoms with E-state index in [0.717, 1.165) is 38.9 Å². The van der Waals surface area contributed by atoms with Gasteiger partial charge in [-0.3, -0.25) is 9.69 Å². The van der Waals surface area contributed by atoms with Gasteiger partial charge < -0.3 is 10.2 Å². The molecule has 0 radical (unpaired) electrons. The largest absolute Gasteiger partial charge is 0.371 e. The highest BCUT2D eigenvalue weighted by molar-refractivity contribution is 5.82. The van der Waals surface area contributed by atoms with Crippen LogP contribution in [0.4, 0.5) is 5.69 Å². The summed E-state index contributed by atoms with van der Waals surface area (Å²) in [4.78, 5) is 17.3. The smallest absolute Gasteiger partial charge is 0.237 e. The van der Waals surface area contributed by atoms with E-state index in [1.54, 1.807) is 0 Å². The fraction of sp³-hybridized carbons (Fsp3) is 0.650. The van der Waals surface area contributed by atoms with Crippen molar-refractivity contribution in [3.05, 3.63) is 29.8 Å². The summed E-state index contributed by atoms with van der Waals surface area (Å²) in [6, 6.07) is 9.10. The molecule has 4 heteroatoms. The van der Waals surface area contributed by atoms with E-state index in [4.69, 9.17) is 0 Å². The van der Waals surface area contributed by atoms with Crippen LogP contribution in [0.3, 0.4) is 0 Å². The number of hydrogen-bond donors (Lipinski definition) is 1. The topological polar surface area (TPSA) is 35.6 Å². The molecule has 1 amide bonds. The molecule has 1 aromatic rings. The summed E-state index contributed by atoms with van der Waals surface area (Å²) < 4.78 is 0. The maximum absolute atomic E-state index is 12.7. The van der Waals surface area contributed by atoms with Gasteiger partial charge in [-0.25, -0.2) is 0 Å². The molecule has 2 fully saturated rings. The Labute approximate surface area is 146 Å². The highest BCUT2D eigenvalue weighted by atomic mass is 16.2. The van der Waals surface area contributed by atoms with E-state index in [1.165, 1.54) is 30.5 Å². The average Bonchev–Trinajstić information content (AvgIpc) is 2.80. The lowest BCUT2D eigenvalue weighted by atomic mass is 10.0. The van der Waals surface area contributed by atoms with E-state index in [2.05, 4.69) is 53.4 Å². The van der Waals surface area contributed by atoms with Crippen LogP contribution in [-0.4, -0.2) is 49.6 Å². The molecule has 0 spiro atoms. The summed E-state index contributed by atoms with van der Waals surface area (Å²) in [7, 11) is 2.09. The number of aryl methyl sites for hydroxylation is 1. The van der Waals surface area contributed by atoms with E-state index in [9.17, 15) is 4.79 Å². The van der Waals surface area contributed by atoms with Gasteiger partial charge in [0.05, 0.1) is 6.04 Å². The van der Waals surface area contributed by atoms with Crippen LogP contribution >= 0.6 is 0 Å². The maximum atomic E-state index is 12.7. The van der Waals surface area contributed by atoms with Crippen LogP contribution < -0.4 is 10.2 Å². The zero-order valence-corrected chi connectivity index (χ0v) is 15.1. The molecule has 0 aliphatic carbocycles. The van der Waals surface area contributed by atoms with Crippen molar-refractivity contribution in [3.63, 3.8) is 0 Å². The Balaban J connectivity index is 1.50. The van der Waals surface area contributed by atoms with E-state index in [0.29, 0.717) is 6.04 Å². The minimum absolute atomic E-state index is 0.0716. The minimum atomic E-state index is 0.0716. The third-order valence-electron chi connectivity index (χ3n) is 5.53. The van der Waals surface area contributed by atoms with Gasteiger partial charge in [0.1, 0.15) is 0 Å². The number of rotatable bonds is 3. The first-order valence-electron chi connectivity index (χ1n) is 9.46. The summed E-state index contributed by atoms with van der Waals surface area (Å²) in [6.45, 7) is 5.23. The monoisotopic (exact) mass is 329 g/mol. The first-order chi connectivity index (χ1) is 11.6. The number of carbonyl (C=O) groups is 1. The van der Waals surface area contributed by atoms with Crippen LogP contribution in [-0.2, 0) is 4.79 Å². The summed E-state index contributed by atoms with van der Waals surface area (Å²) in [5, 5.41) is 3.32. The van der Waals surface area contributed by atoms with Crippen LogP contribution in [0.5, 0.6) is 0 Å². The van der Waals surface area contributed by atoms with Gasteiger partial charge in [-0.05, 0) is 63.9 Å². The number of carbonyl (C=O) groups excluding carboxylic acids is 1. The summed E-state index contributed by atoms with van der Waals surface area (Å²) >= 11 is 0. The van der Waals surface area contributed by atoms with Crippen molar-refractivity contribution in [2.24, 2.45) is 0 Å². The van der Waals surface area contributed by atoms with Gasteiger partial charge in [0.25, 0.3) is 0 Å². The van der Waals surface area contributed by atoms with E-state index in [-0.39, 0.29) is 11.9 Å². The molecule has 1 atom stereocenters. The van der Waals surface area contributed by atoms with Crippen LogP contribution in [0.1, 0.15) is 44.1 Å². The van der Waals surface area contributed by atoms with Crippen molar-refractivity contribution in [1.82, 2.24) is 10.2 Å². The van der Waals surface area contributed by atoms with Gasteiger partial charge in [-0.2, -0.15) is 0 Å². The van der Waals surface area contributed by atoms with Crippen molar-refractivity contribution in [3.8, 4) is 0 Å². The Kier molecular flexibility index (Phi) is 5.77. The fourth-order valence-electron chi connectivity index (χ4n) is 3.99. The number of piperidine rings is 1. The predicted octanol–water partition coefficient (Wildman–Crippen LogP) is 2.95. The Morgan fingerprint density at radius 2 is 1.88 bits per heavy atom. The Morgan fingerprint density at radius 3 is 2.62 bits per heavy atom. The average molecular weight is 329 g/mol. The molecule has 3 rings (SSSR count). The zero-order valence-electron chi connectivity index (χ0n) is 15.1. The molecule has 2 aliphatic rings. The quantitative estimate of drug-likeness (QED) is 0.926. The van der Waals surface area contributed by atoms with E-state index >= 15 is 0 Å². The molecule has 0 saturated carbocycles. The molecule has 2 saturated heterocycles. The Morgan fingerprint density at radius 1 is 1.08 bits per heavy atom. The molecule has 0 aromatic heterocycles. The highest BCUT2D eigenvalue weighted by Gasteiger charge is 2.28. The summed E-state index contributed by atoms with van der Waals surface area (Å²) in [6.07, 6.45) is 6.73. The first-order valence-corrected chi connectivity index (χ1v) is 9.46. The first kappa shape index (κ1) is 17.3. The second kappa shape index (κ2) is 8.02. The van der Waals surface area contributed by atoms with Crippen LogP contribution in [0, 0.1) is 6.92 Å². The van der Waals surface area contributed by atoms with Crippen molar-refractivity contribution in [2.75, 3.05) is 31.6 Å². The lowest BCUT2D eigenvalue weighted by molar-refractivity contribution is -0.126. The fourth-order valence-corrected chi connectivity index (χ4v) is 3.99. The zero-order chi connectivity index (χ0) is 16.9. The number of benzene rings is 1. The normalized spacial score (nSPS) is 23.8. The van der Waals surface area contributed by atoms with E-state index < -0.39 is 0 Å². The molecule has 4 nitrogen and oxygen atoms in total. The number of anilines is 1. The SMILES string of the molecule is Cc1cccc(N2CCC(NC(=O)C3CCCCCN3C)CC2)c1. The van der Waals surface area contributed by atoms with Gasteiger partial charge in [0.15, 0.2) is 0 Å². The molecule has 24 heavy (non-hydrogen) atoms. The van der Waals surface area contributed by atoms with Crippen molar-refractivity contribution in [1.29, 1.82) is 0 Å². The lowest BCUT2D eigenvalue weighted by Gasteiger charge is -2.35. The summed E-state index contributed by atoms with van der Waals surface area (Å²) in [5.41, 5.74) is 2.61. The predicted molar refractivity (Wildman–Crippen MR) is 99.4 cm³/mol. The number of likely N-dealkylation sites (tertiary alicyclic amines) is 1. The maximum Gasteiger partial charge on any atom is 0.237 e. The van der Waals surface area contributed by atoms with E-state index in [1.807, 2.05) is 0 Å². The van der Waals surface area contributed by atoms with Gasteiger partial charge in [0, 0.05) is 24.8 Å². The molecular formula is C20H31N3O. The second-order valence-electron chi connectivity index (χ2n) is 7.45. The number of hydrogen-bond acceptors (Lipinski definition) is 3. The molecule has 1 aromatic carbocycles. The molecule has 1 unspecified atom stereocenters. The minimum Gasteiger partial charge on any atom is -0.371 e. The lowest BCUT2D eigenvalue weighted by Crippen LogP contribution is -2.51. The molecule has 2 heterocycles. The third kappa shape index (κ3) is 4.29. The standard InChI is InChI=1S/C20H31N3O/c1-16-7-6-8-18(15-16)23-13-10-17(11-14-23)21-20(24)19-9-4-3-5-12-22(19)2/h6-8,15,17,19H,3-5,9-14H2,1-2H3,(H,21,24). The summed E-state index contributed by atoms with van der Waals surface area (Å²) in [5.74, 6) is 0.244. The highest BCUT2D eigenvalue weighted by Crippen LogP contribution is 2.22. The van der Waals surface area contributed by atoms with Crippen LogP contribution in [0.15, 0.2) is 24.3 Å². The van der Waals surface area contributed by atoms with Gasteiger partial charge in [0.2, 0.25) is 5.91 Å². The van der Waals surface area contributed by atoms with Gasteiger partial charge >= 0.3 is 0 Å². The van der Waals surface area contributed by atoms with Gasteiger partial charge in [-0.15, -0.1) is 0 Å². The molecule has 132 valence electrons. The molecule has 0 bridgehead atoms. The second-order valence-corrected chi connectivity index (χ2v) is 7.45. The van der Waals surface area contributed by atoms with Crippen LogP contribution in [0.2, 0.25) is 0 Å². The van der Waals surface area contributed by atoms with Crippen LogP contribution in [0.25, 0.3) is 0 Å². The van der Waals surface area contributed by atoms with Crippen molar-refractivity contribution >= 4 is 11.6 Å². The number of nitrogens with one attached hydrogen (secondary N) is 1. The molecule has 1 N–H and O–H groups in total. The van der Waals surface area contributed by atoms with Gasteiger partial charge in [-0.1, -0.05) is 25.0 Å². The van der Waals surface area contributed by atoms with Crippen molar-refractivity contribution in [2.45, 2.75) is 57.5 Å². The Bertz CT molecular complexity index is 552.